The molecule has 9 aromatic carbocycles. The molecule has 0 aliphatic heterocycles. The van der Waals surface area contributed by atoms with E-state index >= 15 is 0 Å². The van der Waals surface area contributed by atoms with Gasteiger partial charge in [0.1, 0.15) is 0 Å². The predicted molar refractivity (Wildman–Crippen MR) is 226 cm³/mol. The highest BCUT2D eigenvalue weighted by molar-refractivity contribution is 6.21. The fourth-order valence-corrected chi connectivity index (χ4v) is 8.69. The number of aryl methyl sites for hydroxylation is 1. The molecular weight excluding hydrogens is 641 g/mol. The van der Waals surface area contributed by atoms with Crippen LogP contribution in [-0.2, 0) is 0 Å². The van der Waals surface area contributed by atoms with Crippen molar-refractivity contribution in [2.75, 3.05) is 0 Å². The largest absolute Gasteiger partial charge is 0.254 e. The zero-order chi connectivity index (χ0) is 35.0. The minimum absolute atomic E-state index is 0.938. The zero-order valence-corrected chi connectivity index (χ0v) is 29.1. The second-order valence-corrected chi connectivity index (χ2v) is 14.2. The van der Waals surface area contributed by atoms with Gasteiger partial charge in [0.2, 0.25) is 0 Å². The number of aromatic nitrogens is 2. The monoisotopic (exact) mass is 672 g/mol. The molecule has 2 heterocycles. The molecule has 0 unspecified atom stereocenters. The Morgan fingerprint density at radius 2 is 0.868 bits per heavy atom. The van der Waals surface area contributed by atoms with E-state index < -0.39 is 0 Å². The van der Waals surface area contributed by atoms with Gasteiger partial charge in [-0.15, -0.1) is 0 Å². The van der Waals surface area contributed by atoms with Crippen molar-refractivity contribution in [2.45, 2.75) is 6.92 Å². The molecule has 11 rings (SSSR count). The van der Waals surface area contributed by atoms with Gasteiger partial charge in [-0.1, -0.05) is 127 Å². The van der Waals surface area contributed by atoms with Gasteiger partial charge < -0.3 is 0 Å². The molecule has 11 aromatic rings. The van der Waals surface area contributed by atoms with Crippen molar-refractivity contribution in [3.63, 3.8) is 0 Å². The summed E-state index contributed by atoms with van der Waals surface area (Å²) in [6, 6.07) is 60.3. The van der Waals surface area contributed by atoms with Crippen LogP contribution in [0.4, 0.5) is 0 Å². The van der Waals surface area contributed by atoms with E-state index in [4.69, 9.17) is 4.98 Å². The first-order valence-corrected chi connectivity index (χ1v) is 18.2. The number of hydrogen-bond donors (Lipinski definition) is 0. The normalized spacial score (nSPS) is 11.9. The van der Waals surface area contributed by atoms with Crippen LogP contribution >= 0.6 is 0 Å². The van der Waals surface area contributed by atoms with Gasteiger partial charge in [-0.25, -0.2) is 0 Å². The lowest BCUT2D eigenvalue weighted by Gasteiger charge is -2.16. The predicted octanol–water partition coefficient (Wildman–Crippen LogP) is 13.9. The second-order valence-electron chi connectivity index (χ2n) is 14.2. The van der Waals surface area contributed by atoms with Crippen molar-refractivity contribution < 1.29 is 0 Å². The molecular formula is C51H32N2. The lowest BCUT2D eigenvalue weighted by Crippen LogP contribution is -1.89. The minimum Gasteiger partial charge on any atom is -0.254 e. The van der Waals surface area contributed by atoms with Crippen LogP contribution < -0.4 is 0 Å². The summed E-state index contributed by atoms with van der Waals surface area (Å²) in [7, 11) is 0. The maximum atomic E-state index is 4.72. The van der Waals surface area contributed by atoms with E-state index in [1.165, 1.54) is 92.8 Å². The Labute approximate surface area is 306 Å². The zero-order valence-electron chi connectivity index (χ0n) is 29.1. The molecule has 246 valence electrons. The van der Waals surface area contributed by atoms with Crippen molar-refractivity contribution in [1.29, 1.82) is 0 Å². The van der Waals surface area contributed by atoms with Crippen LogP contribution in [0.2, 0.25) is 0 Å². The van der Waals surface area contributed by atoms with Crippen LogP contribution in [0.25, 0.3) is 109 Å². The number of rotatable bonds is 3. The number of fused-ring (bicyclic) bond motifs is 10. The molecule has 0 aliphatic carbocycles. The van der Waals surface area contributed by atoms with Crippen molar-refractivity contribution in [3.05, 3.63) is 182 Å². The Kier molecular flexibility index (Phi) is 6.50. The van der Waals surface area contributed by atoms with Gasteiger partial charge >= 0.3 is 0 Å². The topological polar surface area (TPSA) is 25.8 Å². The number of benzene rings is 9. The second kappa shape index (κ2) is 11.6. The number of pyridine rings is 2. The van der Waals surface area contributed by atoms with Gasteiger partial charge in [0.05, 0.1) is 11.0 Å². The summed E-state index contributed by atoms with van der Waals surface area (Å²) in [5.74, 6) is 0. The maximum absolute atomic E-state index is 4.72. The van der Waals surface area contributed by atoms with Crippen molar-refractivity contribution in [2.24, 2.45) is 0 Å². The highest BCUT2D eigenvalue weighted by Gasteiger charge is 2.15. The van der Waals surface area contributed by atoms with Gasteiger partial charge in [0.15, 0.2) is 0 Å². The fourth-order valence-electron chi connectivity index (χ4n) is 8.69. The van der Waals surface area contributed by atoms with Crippen LogP contribution in [0.5, 0.6) is 0 Å². The van der Waals surface area contributed by atoms with Gasteiger partial charge in [0, 0.05) is 23.2 Å². The van der Waals surface area contributed by atoms with Gasteiger partial charge in [-0.05, 0) is 136 Å². The van der Waals surface area contributed by atoms with E-state index in [0.29, 0.717) is 0 Å². The summed E-state index contributed by atoms with van der Waals surface area (Å²) < 4.78 is 0. The highest BCUT2D eigenvalue weighted by Crippen LogP contribution is 2.42. The Hall–Kier alpha value is -6.90. The van der Waals surface area contributed by atoms with Crippen molar-refractivity contribution >= 4 is 75.7 Å². The summed E-state index contributed by atoms with van der Waals surface area (Å²) in [6.07, 6.45) is 3.69. The summed E-state index contributed by atoms with van der Waals surface area (Å²) in [4.78, 5) is 9.37. The van der Waals surface area contributed by atoms with Crippen molar-refractivity contribution in [1.82, 2.24) is 9.97 Å². The molecule has 0 atom stereocenters. The van der Waals surface area contributed by atoms with Crippen molar-refractivity contribution in [3.8, 4) is 33.4 Å². The maximum Gasteiger partial charge on any atom is 0.0970 e. The molecule has 0 amide bonds. The summed E-state index contributed by atoms with van der Waals surface area (Å²) in [5, 5.41) is 14.9. The molecule has 53 heavy (non-hydrogen) atoms. The summed E-state index contributed by atoms with van der Waals surface area (Å²) in [6.45, 7) is 2.23. The van der Waals surface area contributed by atoms with Crippen LogP contribution in [0, 0.1) is 6.92 Å². The van der Waals surface area contributed by atoms with E-state index in [2.05, 4.69) is 164 Å². The molecule has 2 nitrogen and oxygen atoms in total. The first-order valence-electron chi connectivity index (χ1n) is 18.2. The molecule has 0 spiro atoms. The summed E-state index contributed by atoms with van der Waals surface area (Å²) >= 11 is 0. The van der Waals surface area contributed by atoms with E-state index in [1.54, 1.807) is 0 Å². The van der Waals surface area contributed by atoms with E-state index in [-0.39, 0.29) is 0 Å². The average Bonchev–Trinajstić information content (AvgIpc) is 3.22. The first kappa shape index (κ1) is 29.8. The molecule has 0 fully saturated rings. The molecule has 0 aliphatic rings. The molecule has 2 aromatic heterocycles. The molecule has 2 heteroatoms. The van der Waals surface area contributed by atoms with Crippen LogP contribution in [0.15, 0.2) is 176 Å². The van der Waals surface area contributed by atoms with E-state index in [1.807, 2.05) is 24.5 Å². The van der Waals surface area contributed by atoms with Gasteiger partial charge in [-0.3, -0.25) is 9.97 Å². The lowest BCUT2D eigenvalue weighted by atomic mass is 9.88. The standard InChI is InChI=1S/C51H32N2/c1-31-7-2-8-32-15-16-34-10-4-13-44(49(34)47(31)32)43-12-3-9-33-17-21-39-28-38(23-24-42(39)48(33)43)35-18-19-37-29-40(22-20-36(37)27-35)46-30-41-11-5-25-52-50(41)51-45(46)14-6-26-53-51/h2-30H,1H3. The smallest absolute Gasteiger partial charge is 0.0970 e. The van der Waals surface area contributed by atoms with Crippen LogP contribution in [0.3, 0.4) is 0 Å². The first-order chi connectivity index (χ1) is 26.2. The SMILES string of the molecule is Cc1cccc2ccc3cccc(-c4cccc5ccc6cc(-c7ccc8cc(-c9cc%10cccnc%10c%10ncccc9%10)ccc8c7)ccc6c45)c3c12. The summed E-state index contributed by atoms with van der Waals surface area (Å²) in [5.41, 5.74) is 10.5. The third kappa shape index (κ3) is 4.66. The Morgan fingerprint density at radius 3 is 1.66 bits per heavy atom. The van der Waals surface area contributed by atoms with E-state index in [0.717, 1.165) is 21.8 Å². The molecule has 0 saturated carbocycles. The van der Waals surface area contributed by atoms with Crippen LogP contribution in [-0.4, -0.2) is 9.97 Å². The third-order valence-electron chi connectivity index (χ3n) is 11.2. The number of nitrogens with zero attached hydrogens (tertiary/aromatic N) is 2. The highest BCUT2D eigenvalue weighted by atomic mass is 14.7. The Bertz CT molecular complexity index is 3300. The molecule has 0 bridgehead atoms. The minimum atomic E-state index is 0.938. The molecule has 0 radical (unpaired) electrons. The van der Waals surface area contributed by atoms with E-state index in [9.17, 15) is 0 Å². The Morgan fingerprint density at radius 1 is 0.321 bits per heavy atom. The molecule has 0 saturated heterocycles. The quantitative estimate of drug-likeness (QED) is 0.175. The lowest BCUT2D eigenvalue weighted by molar-refractivity contribution is 1.37. The van der Waals surface area contributed by atoms with Crippen LogP contribution in [0.1, 0.15) is 5.56 Å². The number of hydrogen-bond acceptors (Lipinski definition) is 2. The average molecular weight is 673 g/mol. The molecule has 0 N–H and O–H groups in total. The third-order valence-corrected chi connectivity index (χ3v) is 11.2. The fraction of sp³-hybridized carbons (Fsp3) is 0.0196. The van der Waals surface area contributed by atoms with Gasteiger partial charge in [0.25, 0.3) is 0 Å². The Balaban J connectivity index is 1.03. The van der Waals surface area contributed by atoms with Gasteiger partial charge in [-0.2, -0.15) is 0 Å².